The summed E-state index contributed by atoms with van der Waals surface area (Å²) < 4.78 is 7.95. The van der Waals surface area contributed by atoms with Crippen LogP contribution < -0.4 is 4.74 Å². The number of ether oxygens (including phenoxy) is 1. The molecule has 0 spiro atoms. The fraction of sp³-hybridized carbons (Fsp3) is 0.240. The third-order valence-corrected chi connectivity index (χ3v) is 6.84. The third-order valence-electron chi connectivity index (χ3n) is 5.42. The SMILES string of the molecule is O=C(c1cccc(COc2ccccc2Br)c1)N1CCN(Cc2ccccc2Br)CC1. The van der Waals surface area contributed by atoms with E-state index in [-0.39, 0.29) is 5.91 Å². The van der Waals surface area contributed by atoms with Gasteiger partial charge in [0.05, 0.1) is 4.47 Å². The molecule has 0 atom stereocenters. The molecule has 1 saturated heterocycles. The number of para-hydroxylation sites is 1. The van der Waals surface area contributed by atoms with Crippen LogP contribution in [-0.2, 0) is 13.2 Å². The number of hydrogen-bond acceptors (Lipinski definition) is 3. The van der Waals surface area contributed by atoms with Crippen molar-refractivity contribution in [2.75, 3.05) is 26.2 Å². The summed E-state index contributed by atoms with van der Waals surface area (Å²) in [5.74, 6) is 0.878. The number of rotatable bonds is 6. The third kappa shape index (κ3) is 5.76. The first kappa shape index (κ1) is 22.1. The standard InChI is InChI=1S/C25H24Br2N2O2/c26-22-9-2-1-7-21(22)17-28-12-14-29(15-13-28)25(30)20-8-5-6-19(16-20)18-31-24-11-4-3-10-23(24)27/h1-11,16H,12-15,17-18H2. The number of carbonyl (C=O) groups excluding carboxylic acids is 1. The zero-order chi connectivity index (χ0) is 21.6. The highest BCUT2D eigenvalue weighted by atomic mass is 79.9. The maximum atomic E-state index is 13.1. The van der Waals surface area contributed by atoms with E-state index in [1.54, 1.807) is 0 Å². The number of halogens is 2. The van der Waals surface area contributed by atoms with Crippen LogP contribution in [0.2, 0.25) is 0 Å². The molecule has 31 heavy (non-hydrogen) atoms. The molecule has 0 bridgehead atoms. The van der Waals surface area contributed by atoms with Gasteiger partial charge in [-0.15, -0.1) is 0 Å². The average Bonchev–Trinajstić information content (AvgIpc) is 2.80. The first-order chi connectivity index (χ1) is 15.1. The molecular formula is C25H24Br2N2O2. The van der Waals surface area contributed by atoms with Gasteiger partial charge in [-0.1, -0.05) is 58.4 Å². The second-order valence-electron chi connectivity index (χ2n) is 7.58. The lowest BCUT2D eigenvalue weighted by Crippen LogP contribution is -2.48. The molecule has 0 aromatic heterocycles. The van der Waals surface area contributed by atoms with Gasteiger partial charge in [-0.2, -0.15) is 0 Å². The minimum absolute atomic E-state index is 0.0864. The molecule has 0 radical (unpaired) electrons. The lowest BCUT2D eigenvalue weighted by Gasteiger charge is -2.35. The maximum absolute atomic E-state index is 13.1. The maximum Gasteiger partial charge on any atom is 0.253 e. The van der Waals surface area contributed by atoms with Crippen molar-refractivity contribution < 1.29 is 9.53 Å². The first-order valence-electron chi connectivity index (χ1n) is 10.3. The lowest BCUT2D eigenvalue weighted by molar-refractivity contribution is 0.0628. The Morgan fingerprint density at radius 1 is 0.839 bits per heavy atom. The Balaban J connectivity index is 1.33. The molecule has 6 heteroatoms. The van der Waals surface area contributed by atoms with Crippen molar-refractivity contribution in [3.8, 4) is 5.75 Å². The second kappa shape index (κ2) is 10.4. The number of piperazine rings is 1. The van der Waals surface area contributed by atoms with E-state index in [0.717, 1.165) is 53.0 Å². The monoisotopic (exact) mass is 542 g/mol. The van der Waals surface area contributed by atoms with Crippen LogP contribution in [0.25, 0.3) is 0 Å². The molecule has 1 aliphatic heterocycles. The Kier molecular flexibility index (Phi) is 7.43. The Morgan fingerprint density at radius 3 is 2.29 bits per heavy atom. The van der Waals surface area contributed by atoms with Gasteiger partial charge in [-0.05, 0) is 57.4 Å². The summed E-state index contributed by atoms with van der Waals surface area (Å²) in [5, 5.41) is 0. The summed E-state index contributed by atoms with van der Waals surface area (Å²) in [4.78, 5) is 17.4. The number of nitrogens with zero attached hydrogens (tertiary/aromatic N) is 2. The molecule has 1 amide bonds. The molecule has 4 nitrogen and oxygen atoms in total. The van der Waals surface area contributed by atoms with Gasteiger partial charge in [0.25, 0.3) is 5.91 Å². The molecule has 4 rings (SSSR count). The summed E-state index contributed by atoms with van der Waals surface area (Å²) in [6, 6.07) is 23.8. The highest BCUT2D eigenvalue weighted by Crippen LogP contribution is 2.25. The van der Waals surface area contributed by atoms with Crippen LogP contribution in [0.5, 0.6) is 5.75 Å². The number of amides is 1. The fourth-order valence-electron chi connectivity index (χ4n) is 3.68. The fourth-order valence-corrected chi connectivity index (χ4v) is 4.49. The van der Waals surface area contributed by atoms with Crippen LogP contribution in [0.3, 0.4) is 0 Å². The second-order valence-corrected chi connectivity index (χ2v) is 9.29. The zero-order valence-corrected chi connectivity index (χ0v) is 20.3. The molecule has 0 aliphatic carbocycles. The van der Waals surface area contributed by atoms with E-state index in [4.69, 9.17) is 4.74 Å². The van der Waals surface area contributed by atoms with E-state index < -0.39 is 0 Å². The van der Waals surface area contributed by atoms with Gasteiger partial charge >= 0.3 is 0 Å². The quantitative estimate of drug-likeness (QED) is 0.397. The Morgan fingerprint density at radius 2 is 1.55 bits per heavy atom. The lowest BCUT2D eigenvalue weighted by atomic mass is 10.1. The van der Waals surface area contributed by atoms with Crippen molar-refractivity contribution in [3.63, 3.8) is 0 Å². The number of hydrogen-bond donors (Lipinski definition) is 0. The summed E-state index contributed by atoms with van der Waals surface area (Å²) in [5.41, 5.74) is 2.97. The highest BCUT2D eigenvalue weighted by Gasteiger charge is 2.22. The van der Waals surface area contributed by atoms with Crippen molar-refractivity contribution in [2.45, 2.75) is 13.2 Å². The van der Waals surface area contributed by atoms with E-state index >= 15 is 0 Å². The van der Waals surface area contributed by atoms with Crippen LogP contribution in [0.15, 0.2) is 81.7 Å². The molecule has 1 heterocycles. The molecule has 3 aromatic carbocycles. The topological polar surface area (TPSA) is 32.8 Å². The van der Waals surface area contributed by atoms with Crippen LogP contribution in [0, 0.1) is 0 Å². The van der Waals surface area contributed by atoms with Gasteiger partial charge in [0.2, 0.25) is 0 Å². The molecule has 0 unspecified atom stereocenters. The predicted molar refractivity (Wildman–Crippen MR) is 130 cm³/mol. The molecule has 0 N–H and O–H groups in total. The molecule has 160 valence electrons. The van der Waals surface area contributed by atoms with Crippen molar-refractivity contribution >= 4 is 37.8 Å². The van der Waals surface area contributed by atoms with E-state index in [9.17, 15) is 4.79 Å². The normalized spacial score (nSPS) is 14.5. The van der Waals surface area contributed by atoms with Crippen molar-refractivity contribution in [2.24, 2.45) is 0 Å². The molecular weight excluding hydrogens is 520 g/mol. The van der Waals surface area contributed by atoms with Crippen molar-refractivity contribution in [1.29, 1.82) is 0 Å². The predicted octanol–water partition coefficient (Wildman–Crippen LogP) is 5.75. The van der Waals surface area contributed by atoms with E-state index in [0.29, 0.717) is 12.2 Å². The summed E-state index contributed by atoms with van der Waals surface area (Å²) in [6.07, 6.45) is 0. The van der Waals surface area contributed by atoms with Crippen LogP contribution in [-0.4, -0.2) is 41.9 Å². The zero-order valence-electron chi connectivity index (χ0n) is 17.1. The van der Waals surface area contributed by atoms with Gasteiger partial charge in [-0.25, -0.2) is 0 Å². The molecule has 1 aliphatic rings. The Labute approximate surface area is 200 Å². The largest absolute Gasteiger partial charge is 0.488 e. The van der Waals surface area contributed by atoms with Gasteiger partial charge in [0, 0.05) is 42.8 Å². The van der Waals surface area contributed by atoms with Crippen LogP contribution in [0.1, 0.15) is 21.5 Å². The van der Waals surface area contributed by atoms with E-state index in [1.807, 2.05) is 59.5 Å². The summed E-state index contributed by atoms with van der Waals surface area (Å²) in [6.45, 7) is 4.53. The minimum atomic E-state index is 0.0864. The van der Waals surface area contributed by atoms with Gasteiger partial charge in [0.15, 0.2) is 0 Å². The van der Waals surface area contributed by atoms with Gasteiger partial charge in [-0.3, -0.25) is 9.69 Å². The first-order valence-corrected chi connectivity index (χ1v) is 11.9. The average molecular weight is 544 g/mol. The van der Waals surface area contributed by atoms with Gasteiger partial charge < -0.3 is 9.64 Å². The molecule has 3 aromatic rings. The summed E-state index contributed by atoms with van der Waals surface area (Å²) in [7, 11) is 0. The minimum Gasteiger partial charge on any atom is -0.488 e. The van der Waals surface area contributed by atoms with E-state index in [2.05, 4.69) is 55.0 Å². The highest BCUT2D eigenvalue weighted by molar-refractivity contribution is 9.10. The number of carbonyl (C=O) groups is 1. The molecule has 0 saturated carbocycles. The van der Waals surface area contributed by atoms with Gasteiger partial charge in [0.1, 0.15) is 12.4 Å². The number of benzene rings is 3. The Bertz CT molecular complexity index is 1050. The Hall–Kier alpha value is -2.15. The van der Waals surface area contributed by atoms with Crippen molar-refractivity contribution in [1.82, 2.24) is 9.80 Å². The molecule has 1 fully saturated rings. The van der Waals surface area contributed by atoms with Crippen molar-refractivity contribution in [3.05, 3.63) is 98.4 Å². The van der Waals surface area contributed by atoms with E-state index in [1.165, 1.54) is 5.56 Å². The smallest absolute Gasteiger partial charge is 0.253 e. The van der Waals surface area contributed by atoms with Crippen LogP contribution in [0.4, 0.5) is 0 Å². The van der Waals surface area contributed by atoms with Crippen LogP contribution >= 0.6 is 31.9 Å². The summed E-state index contributed by atoms with van der Waals surface area (Å²) >= 11 is 7.12.